The van der Waals surface area contributed by atoms with E-state index in [0.717, 1.165) is 25.1 Å². The van der Waals surface area contributed by atoms with Gasteiger partial charge in [-0.3, -0.25) is 9.78 Å². The van der Waals surface area contributed by atoms with E-state index in [1.165, 1.54) is 0 Å². The lowest BCUT2D eigenvalue weighted by atomic mass is 10.0. The summed E-state index contributed by atoms with van der Waals surface area (Å²) in [6.45, 7) is 9.26. The summed E-state index contributed by atoms with van der Waals surface area (Å²) in [5.74, 6) is 0.520. The van der Waals surface area contributed by atoms with Crippen LogP contribution in [0.15, 0.2) is 18.3 Å². The summed E-state index contributed by atoms with van der Waals surface area (Å²) in [5.41, 5.74) is 1.40. The number of hydrogen-bond acceptors (Lipinski definition) is 3. The predicted octanol–water partition coefficient (Wildman–Crippen LogP) is 3.07. The van der Waals surface area contributed by atoms with E-state index in [1.54, 1.807) is 12.3 Å². The monoisotopic (exact) mass is 263 g/mol. The summed E-state index contributed by atoms with van der Waals surface area (Å²) in [6, 6.07) is 3.82. The first kappa shape index (κ1) is 15.5. The van der Waals surface area contributed by atoms with E-state index in [4.69, 9.17) is 0 Å². The second-order valence-electron chi connectivity index (χ2n) is 5.08. The third-order valence-electron chi connectivity index (χ3n) is 3.20. The summed E-state index contributed by atoms with van der Waals surface area (Å²) < 4.78 is 0. The molecule has 2 N–H and O–H groups in total. The Bertz CT molecular complexity index is 406. The molecule has 0 fully saturated rings. The van der Waals surface area contributed by atoms with E-state index < -0.39 is 0 Å². The number of carbonyl (C=O) groups is 1. The summed E-state index contributed by atoms with van der Waals surface area (Å²) in [6.07, 6.45) is 3.79. The van der Waals surface area contributed by atoms with Crippen LogP contribution in [-0.2, 0) is 0 Å². The van der Waals surface area contributed by atoms with Gasteiger partial charge in [-0.2, -0.15) is 0 Å². The predicted molar refractivity (Wildman–Crippen MR) is 79.4 cm³/mol. The lowest BCUT2D eigenvalue weighted by molar-refractivity contribution is 0.0930. The Hall–Kier alpha value is -1.58. The number of pyridine rings is 1. The fraction of sp³-hybridized carbons (Fsp3) is 0.600. The maximum atomic E-state index is 12.1. The Balaban J connectivity index is 2.59. The molecule has 2 atom stereocenters. The van der Waals surface area contributed by atoms with Crippen LogP contribution in [0.5, 0.6) is 0 Å². The van der Waals surface area contributed by atoms with Crippen molar-refractivity contribution in [3.8, 4) is 0 Å². The van der Waals surface area contributed by atoms with E-state index in [9.17, 15) is 4.79 Å². The van der Waals surface area contributed by atoms with Gasteiger partial charge < -0.3 is 10.6 Å². The van der Waals surface area contributed by atoms with Crippen molar-refractivity contribution in [3.63, 3.8) is 0 Å². The molecule has 19 heavy (non-hydrogen) atoms. The minimum absolute atomic E-state index is 0.101. The summed E-state index contributed by atoms with van der Waals surface area (Å²) >= 11 is 0. The van der Waals surface area contributed by atoms with Gasteiger partial charge in [-0.15, -0.1) is 0 Å². The number of anilines is 1. The number of aromatic nitrogens is 1. The van der Waals surface area contributed by atoms with Crippen molar-refractivity contribution in [1.29, 1.82) is 0 Å². The number of nitrogens with zero attached hydrogens (tertiary/aromatic N) is 1. The third-order valence-corrected chi connectivity index (χ3v) is 3.20. The lowest BCUT2D eigenvalue weighted by Crippen LogP contribution is -2.34. The fourth-order valence-corrected chi connectivity index (χ4v) is 2.00. The molecule has 0 aliphatic carbocycles. The van der Waals surface area contributed by atoms with Crippen molar-refractivity contribution >= 4 is 11.6 Å². The fourth-order valence-electron chi connectivity index (χ4n) is 2.00. The normalized spacial score (nSPS) is 13.7. The molecule has 4 heteroatoms. The SMILES string of the molecule is CCNc1ccnc(C(=O)NC(C)CC(C)CC)c1. The maximum absolute atomic E-state index is 12.1. The van der Waals surface area contributed by atoms with Crippen LogP contribution in [0.2, 0.25) is 0 Å². The van der Waals surface area contributed by atoms with E-state index in [-0.39, 0.29) is 11.9 Å². The van der Waals surface area contributed by atoms with Crippen LogP contribution in [0, 0.1) is 5.92 Å². The molecule has 4 nitrogen and oxygen atoms in total. The highest BCUT2D eigenvalue weighted by Crippen LogP contribution is 2.11. The standard InChI is InChI=1S/C15H25N3O/c1-5-11(3)9-12(4)18-15(19)14-10-13(16-6-2)7-8-17-14/h7-8,10-12H,5-6,9H2,1-4H3,(H,16,17)(H,18,19). The largest absolute Gasteiger partial charge is 0.385 e. The van der Waals surface area contributed by atoms with Gasteiger partial charge in [-0.05, 0) is 38.3 Å². The minimum Gasteiger partial charge on any atom is -0.385 e. The maximum Gasteiger partial charge on any atom is 0.270 e. The zero-order chi connectivity index (χ0) is 14.3. The van der Waals surface area contributed by atoms with Crippen molar-refractivity contribution in [2.45, 2.75) is 46.6 Å². The molecule has 0 saturated heterocycles. The molecule has 0 aliphatic heterocycles. The molecular weight excluding hydrogens is 238 g/mol. The zero-order valence-electron chi connectivity index (χ0n) is 12.4. The highest BCUT2D eigenvalue weighted by molar-refractivity contribution is 5.93. The van der Waals surface area contributed by atoms with Crippen LogP contribution in [-0.4, -0.2) is 23.5 Å². The van der Waals surface area contributed by atoms with Crippen molar-refractivity contribution in [2.75, 3.05) is 11.9 Å². The van der Waals surface area contributed by atoms with Crippen molar-refractivity contribution in [1.82, 2.24) is 10.3 Å². The first-order valence-corrected chi connectivity index (χ1v) is 7.07. The van der Waals surface area contributed by atoms with Gasteiger partial charge >= 0.3 is 0 Å². The van der Waals surface area contributed by atoms with E-state index >= 15 is 0 Å². The van der Waals surface area contributed by atoms with Crippen LogP contribution in [0.3, 0.4) is 0 Å². The van der Waals surface area contributed by atoms with Gasteiger partial charge in [0.25, 0.3) is 5.91 Å². The first-order chi connectivity index (χ1) is 9.06. The average molecular weight is 263 g/mol. The smallest absolute Gasteiger partial charge is 0.270 e. The summed E-state index contributed by atoms with van der Waals surface area (Å²) in [5, 5.41) is 6.18. The van der Waals surface area contributed by atoms with Crippen LogP contribution in [0.25, 0.3) is 0 Å². The highest BCUT2D eigenvalue weighted by Gasteiger charge is 2.13. The van der Waals surface area contributed by atoms with Gasteiger partial charge in [0.1, 0.15) is 5.69 Å². The zero-order valence-corrected chi connectivity index (χ0v) is 12.4. The van der Waals surface area contributed by atoms with E-state index in [0.29, 0.717) is 11.6 Å². The van der Waals surface area contributed by atoms with Gasteiger partial charge in [-0.25, -0.2) is 0 Å². The molecule has 0 aliphatic rings. The quantitative estimate of drug-likeness (QED) is 0.795. The van der Waals surface area contributed by atoms with Gasteiger partial charge in [0.2, 0.25) is 0 Å². The molecule has 106 valence electrons. The Morgan fingerprint density at radius 2 is 2.11 bits per heavy atom. The molecule has 0 aromatic carbocycles. The molecule has 0 spiro atoms. The first-order valence-electron chi connectivity index (χ1n) is 7.07. The molecule has 2 unspecified atom stereocenters. The minimum atomic E-state index is -0.101. The topological polar surface area (TPSA) is 54.0 Å². The Morgan fingerprint density at radius 1 is 1.37 bits per heavy atom. The summed E-state index contributed by atoms with van der Waals surface area (Å²) in [4.78, 5) is 16.2. The molecule has 1 aromatic rings. The molecule has 0 saturated carbocycles. The molecule has 0 radical (unpaired) electrons. The number of carbonyl (C=O) groups excluding carboxylic acids is 1. The lowest BCUT2D eigenvalue weighted by Gasteiger charge is -2.17. The van der Waals surface area contributed by atoms with Crippen molar-refractivity contribution in [3.05, 3.63) is 24.0 Å². The van der Waals surface area contributed by atoms with Crippen LogP contribution in [0.4, 0.5) is 5.69 Å². The Morgan fingerprint density at radius 3 is 2.74 bits per heavy atom. The Kier molecular flexibility index (Phi) is 6.33. The molecule has 1 aromatic heterocycles. The number of nitrogens with one attached hydrogen (secondary N) is 2. The van der Waals surface area contributed by atoms with Crippen molar-refractivity contribution < 1.29 is 4.79 Å². The highest BCUT2D eigenvalue weighted by atomic mass is 16.1. The van der Waals surface area contributed by atoms with Gasteiger partial charge in [0.05, 0.1) is 0 Å². The number of rotatable bonds is 7. The van der Waals surface area contributed by atoms with Gasteiger partial charge in [0.15, 0.2) is 0 Å². The summed E-state index contributed by atoms with van der Waals surface area (Å²) in [7, 11) is 0. The average Bonchev–Trinajstić information content (AvgIpc) is 2.39. The van der Waals surface area contributed by atoms with Gasteiger partial charge in [0, 0.05) is 24.5 Å². The van der Waals surface area contributed by atoms with Gasteiger partial charge in [-0.1, -0.05) is 20.3 Å². The van der Waals surface area contributed by atoms with Crippen LogP contribution in [0.1, 0.15) is 51.0 Å². The molecule has 1 rings (SSSR count). The van der Waals surface area contributed by atoms with Crippen LogP contribution < -0.4 is 10.6 Å². The van der Waals surface area contributed by atoms with Crippen molar-refractivity contribution in [2.24, 2.45) is 5.92 Å². The van der Waals surface area contributed by atoms with E-state index in [2.05, 4.69) is 29.5 Å². The molecule has 1 heterocycles. The Labute approximate surface area is 116 Å². The van der Waals surface area contributed by atoms with Crippen LogP contribution >= 0.6 is 0 Å². The third kappa shape index (κ3) is 5.28. The second-order valence-corrected chi connectivity index (χ2v) is 5.08. The second kappa shape index (κ2) is 7.77. The molecule has 0 bridgehead atoms. The molecule has 1 amide bonds. The molecular formula is C15H25N3O. The van der Waals surface area contributed by atoms with E-state index in [1.807, 2.05) is 19.9 Å². The number of hydrogen-bond donors (Lipinski definition) is 2. The number of amides is 1.